The van der Waals surface area contributed by atoms with Crippen LogP contribution in [0.1, 0.15) is 38.7 Å². The third kappa shape index (κ3) is 5.70. The standard InChI is InChI=1S/C22H34N2O6/c1-3-15(4-2)30-24-19(17-13-29-21-16(17)10-11-28-21)20(25)18(23-22(26)27)12-14-8-6-5-7-9-14/h5-9,15-21,23-25H,3-4,10-13H2,1-2H3,(H,26,27)/t16-,17+,18-,19?,20+,21+/m0/s1. The highest BCUT2D eigenvalue weighted by atomic mass is 16.7. The van der Waals surface area contributed by atoms with Crippen LogP contribution in [0.2, 0.25) is 0 Å². The van der Waals surface area contributed by atoms with Crippen molar-refractivity contribution in [1.82, 2.24) is 10.8 Å². The van der Waals surface area contributed by atoms with Gasteiger partial charge in [0.05, 0.1) is 37.5 Å². The fourth-order valence-electron chi connectivity index (χ4n) is 4.44. The van der Waals surface area contributed by atoms with E-state index in [0.29, 0.717) is 19.6 Å². The first-order valence-corrected chi connectivity index (χ1v) is 10.9. The van der Waals surface area contributed by atoms with E-state index in [9.17, 15) is 15.0 Å². The van der Waals surface area contributed by atoms with Gasteiger partial charge in [-0.2, -0.15) is 5.48 Å². The van der Waals surface area contributed by atoms with E-state index in [1.54, 1.807) is 0 Å². The summed E-state index contributed by atoms with van der Waals surface area (Å²) < 4.78 is 11.4. The zero-order valence-corrected chi connectivity index (χ0v) is 17.7. The summed E-state index contributed by atoms with van der Waals surface area (Å²) in [6.45, 7) is 5.15. The summed E-state index contributed by atoms with van der Waals surface area (Å²) in [6, 6.07) is 8.35. The molecule has 0 saturated carbocycles. The average molecular weight is 423 g/mol. The number of rotatable bonds is 11. The summed E-state index contributed by atoms with van der Waals surface area (Å²) in [5.74, 6) is 0.0976. The number of nitrogens with one attached hydrogen (secondary N) is 2. The average Bonchev–Trinajstić information content (AvgIpc) is 3.35. The second-order valence-corrected chi connectivity index (χ2v) is 8.13. The molecule has 8 heteroatoms. The lowest BCUT2D eigenvalue weighted by Crippen LogP contribution is -2.58. The second-order valence-electron chi connectivity index (χ2n) is 8.13. The number of carbonyl (C=O) groups is 1. The molecule has 3 rings (SSSR count). The van der Waals surface area contributed by atoms with Crippen LogP contribution in [0, 0.1) is 11.8 Å². The molecule has 1 unspecified atom stereocenters. The molecule has 6 atom stereocenters. The van der Waals surface area contributed by atoms with Gasteiger partial charge in [-0.05, 0) is 31.2 Å². The van der Waals surface area contributed by atoms with Crippen molar-refractivity contribution in [2.24, 2.45) is 11.8 Å². The molecule has 4 N–H and O–H groups in total. The molecular weight excluding hydrogens is 388 g/mol. The number of hydroxylamine groups is 1. The minimum atomic E-state index is -1.17. The lowest BCUT2D eigenvalue weighted by molar-refractivity contribution is -0.0949. The van der Waals surface area contributed by atoms with Crippen molar-refractivity contribution in [2.75, 3.05) is 13.2 Å². The molecule has 1 aromatic rings. The highest BCUT2D eigenvalue weighted by Gasteiger charge is 2.48. The number of aliphatic hydroxyl groups excluding tert-OH is 1. The van der Waals surface area contributed by atoms with E-state index >= 15 is 0 Å². The smallest absolute Gasteiger partial charge is 0.404 e. The van der Waals surface area contributed by atoms with E-state index in [0.717, 1.165) is 24.8 Å². The van der Waals surface area contributed by atoms with Crippen LogP contribution >= 0.6 is 0 Å². The van der Waals surface area contributed by atoms with Gasteiger partial charge < -0.3 is 25.0 Å². The van der Waals surface area contributed by atoms with E-state index in [1.807, 2.05) is 44.2 Å². The predicted molar refractivity (Wildman–Crippen MR) is 111 cm³/mol. The number of fused-ring (bicyclic) bond motifs is 1. The Kier molecular flexibility index (Phi) is 8.47. The van der Waals surface area contributed by atoms with E-state index in [2.05, 4.69) is 10.8 Å². The summed E-state index contributed by atoms with van der Waals surface area (Å²) in [7, 11) is 0. The Balaban J connectivity index is 1.79. The summed E-state index contributed by atoms with van der Waals surface area (Å²) in [5, 5.41) is 23.2. The molecule has 8 nitrogen and oxygen atoms in total. The molecule has 30 heavy (non-hydrogen) atoms. The third-order valence-electron chi connectivity index (χ3n) is 6.22. The van der Waals surface area contributed by atoms with Gasteiger partial charge in [-0.15, -0.1) is 0 Å². The van der Waals surface area contributed by atoms with Crippen molar-refractivity contribution < 1.29 is 29.3 Å². The fraction of sp³-hybridized carbons (Fsp3) is 0.682. The summed E-state index contributed by atoms with van der Waals surface area (Å²) >= 11 is 0. The summed E-state index contributed by atoms with van der Waals surface area (Å²) in [5.41, 5.74) is 4.04. The number of amides is 1. The number of benzene rings is 1. The van der Waals surface area contributed by atoms with Gasteiger partial charge in [0.15, 0.2) is 6.29 Å². The molecule has 2 aliphatic rings. The zero-order valence-electron chi connectivity index (χ0n) is 17.7. The minimum absolute atomic E-state index is 0.0117. The van der Waals surface area contributed by atoms with Gasteiger partial charge >= 0.3 is 6.09 Å². The monoisotopic (exact) mass is 422 g/mol. The first-order chi connectivity index (χ1) is 14.5. The van der Waals surface area contributed by atoms with Crippen molar-refractivity contribution in [1.29, 1.82) is 0 Å². The van der Waals surface area contributed by atoms with E-state index in [4.69, 9.17) is 14.3 Å². The minimum Gasteiger partial charge on any atom is -0.465 e. The van der Waals surface area contributed by atoms with Crippen LogP contribution in [0.4, 0.5) is 4.79 Å². The fourth-order valence-corrected chi connectivity index (χ4v) is 4.44. The maximum absolute atomic E-state index is 11.5. The van der Waals surface area contributed by atoms with Gasteiger partial charge in [-0.3, -0.25) is 4.84 Å². The highest BCUT2D eigenvalue weighted by molar-refractivity contribution is 5.65. The Hall–Kier alpha value is -1.71. The lowest BCUT2D eigenvalue weighted by Gasteiger charge is -2.35. The molecule has 0 radical (unpaired) electrons. The Labute approximate surface area is 177 Å². The van der Waals surface area contributed by atoms with Crippen molar-refractivity contribution in [3.63, 3.8) is 0 Å². The summed E-state index contributed by atoms with van der Waals surface area (Å²) in [4.78, 5) is 17.4. The molecule has 0 aliphatic carbocycles. The second kappa shape index (κ2) is 11.1. The molecule has 168 valence electrons. The molecule has 1 amide bonds. The van der Waals surface area contributed by atoms with Gasteiger partial charge in [0.2, 0.25) is 0 Å². The number of aliphatic hydroxyl groups is 1. The van der Waals surface area contributed by atoms with Crippen molar-refractivity contribution in [3.05, 3.63) is 35.9 Å². The molecule has 2 fully saturated rings. The van der Waals surface area contributed by atoms with Crippen LogP contribution in [0.25, 0.3) is 0 Å². The van der Waals surface area contributed by atoms with Crippen LogP contribution in [-0.2, 0) is 20.7 Å². The Morgan fingerprint density at radius 1 is 1.23 bits per heavy atom. The molecule has 1 aromatic carbocycles. The number of hydrogen-bond donors (Lipinski definition) is 4. The number of ether oxygens (including phenoxy) is 2. The van der Waals surface area contributed by atoms with Crippen molar-refractivity contribution >= 4 is 6.09 Å². The first-order valence-electron chi connectivity index (χ1n) is 10.9. The van der Waals surface area contributed by atoms with Crippen LogP contribution in [0.5, 0.6) is 0 Å². The number of hydrogen-bond acceptors (Lipinski definition) is 6. The van der Waals surface area contributed by atoms with Crippen molar-refractivity contribution in [2.45, 2.75) is 70.1 Å². The topological polar surface area (TPSA) is 109 Å². The van der Waals surface area contributed by atoms with Gasteiger partial charge in [-0.1, -0.05) is 44.2 Å². The van der Waals surface area contributed by atoms with Crippen LogP contribution < -0.4 is 10.8 Å². The van der Waals surface area contributed by atoms with Gasteiger partial charge in [0, 0.05) is 11.8 Å². The molecule has 0 bridgehead atoms. The van der Waals surface area contributed by atoms with E-state index < -0.39 is 24.3 Å². The van der Waals surface area contributed by atoms with Crippen LogP contribution in [-0.4, -0.2) is 60.1 Å². The lowest BCUT2D eigenvalue weighted by atomic mass is 9.82. The van der Waals surface area contributed by atoms with E-state index in [-0.39, 0.29) is 24.2 Å². The summed E-state index contributed by atoms with van der Waals surface area (Å²) in [6.07, 6.45) is 0.462. The van der Waals surface area contributed by atoms with Crippen molar-refractivity contribution in [3.8, 4) is 0 Å². The first kappa shape index (κ1) is 23.0. The van der Waals surface area contributed by atoms with Gasteiger partial charge in [0.1, 0.15) is 0 Å². The Bertz CT molecular complexity index is 656. The maximum Gasteiger partial charge on any atom is 0.404 e. The SMILES string of the molecule is CCC(CC)ONC([C@H](O)[C@H](Cc1ccccc1)NC(=O)O)[C@@H]1CO[C@H]2OCC[C@H]21. The normalized spacial score (nSPS) is 26.3. The van der Waals surface area contributed by atoms with Crippen LogP contribution in [0.3, 0.4) is 0 Å². The molecule has 0 spiro atoms. The van der Waals surface area contributed by atoms with E-state index in [1.165, 1.54) is 0 Å². The largest absolute Gasteiger partial charge is 0.465 e. The Morgan fingerprint density at radius 2 is 1.97 bits per heavy atom. The van der Waals surface area contributed by atoms with Gasteiger partial charge in [0.25, 0.3) is 0 Å². The molecule has 2 aliphatic heterocycles. The van der Waals surface area contributed by atoms with Crippen LogP contribution in [0.15, 0.2) is 30.3 Å². The molecular formula is C22H34N2O6. The number of carboxylic acid groups (broad SMARTS) is 1. The molecule has 0 aromatic heterocycles. The maximum atomic E-state index is 11.5. The zero-order chi connectivity index (χ0) is 21.5. The molecule has 2 saturated heterocycles. The highest BCUT2D eigenvalue weighted by Crippen LogP contribution is 2.38. The molecule has 2 heterocycles. The third-order valence-corrected chi connectivity index (χ3v) is 6.22. The predicted octanol–water partition coefficient (Wildman–Crippen LogP) is 2.31. The quantitative estimate of drug-likeness (QED) is 0.405. The van der Waals surface area contributed by atoms with Gasteiger partial charge in [-0.25, -0.2) is 4.79 Å². The Morgan fingerprint density at radius 3 is 2.63 bits per heavy atom.